The molecule has 29 heavy (non-hydrogen) atoms. The van der Waals surface area contributed by atoms with Crippen LogP contribution in [0.2, 0.25) is 0 Å². The molecule has 4 heterocycles. The van der Waals surface area contributed by atoms with E-state index in [1.165, 1.54) is 5.56 Å². The lowest BCUT2D eigenvalue weighted by Crippen LogP contribution is -2.52. The molecular formula is C22H33N5O2. The van der Waals surface area contributed by atoms with Crippen LogP contribution in [-0.4, -0.2) is 89.9 Å². The van der Waals surface area contributed by atoms with Crippen molar-refractivity contribution in [1.29, 1.82) is 0 Å². The highest BCUT2D eigenvalue weighted by molar-refractivity contribution is 5.88. The van der Waals surface area contributed by atoms with Gasteiger partial charge in [-0.05, 0) is 50.9 Å². The van der Waals surface area contributed by atoms with Crippen molar-refractivity contribution >= 4 is 11.9 Å². The summed E-state index contributed by atoms with van der Waals surface area (Å²) in [6.45, 7) is 7.71. The number of aromatic nitrogens is 1. The number of likely N-dealkylation sites (tertiary alicyclic amines) is 3. The molecule has 2 spiro atoms. The van der Waals surface area contributed by atoms with E-state index in [9.17, 15) is 9.59 Å². The van der Waals surface area contributed by atoms with E-state index in [0.717, 1.165) is 52.0 Å². The first-order valence-electron chi connectivity index (χ1n) is 10.8. The third-order valence-corrected chi connectivity index (χ3v) is 7.45. The van der Waals surface area contributed by atoms with Crippen LogP contribution >= 0.6 is 0 Å². The van der Waals surface area contributed by atoms with E-state index < -0.39 is 5.41 Å². The number of fused-ring (bicyclic) bond motifs is 1. The monoisotopic (exact) mass is 399 g/mol. The molecule has 3 amide bonds. The predicted molar refractivity (Wildman–Crippen MR) is 111 cm³/mol. The fraction of sp³-hybridized carbons (Fsp3) is 0.682. The Morgan fingerprint density at radius 3 is 2.52 bits per heavy atom. The maximum absolute atomic E-state index is 13.5. The quantitative estimate of drug-likeness (QED) is 0.779. The lowest BCUT2D eigenvalue weighted by molar-refractivity contribution is -0.142. The number of hydrogen-bond acceptors (Lipinski definition) is 4. The molecule has 0 aromatic carbocycles. The molecule has 7 nitrogen and oxygen atoms in total. The van der Waals surface area contributed by atoms with Gasteiger partial charge in [0.25, 0.3) is 0 Å². The van der Waals surface area contributed by atoms with Gasteiger partial charge < -0.3 is 14.7 Å². The Balaban J connectivity index is 1.55. The van der Waals surface area contributed by atoms with Gasteiger partial charge in [0.15, 0.2) is 0 Å². The zero-order valence-electron chi connectivity index (χ0n) is 17.9. The van der Waals surface area contributed by atoms with Crippen molar-refractivity contribution in [2.75, 3.05) is 53.4 Å². The van der Waals surface area contributed by atoms with E-state index in [2.05, 4.69) is 22.9 Å². The van der Waals surface area contributed by atoms with Crippen LogP contribution in [0.3, 0.4) is 0 Å². The maximum Gasteiger partial charge on any atom is 0.319 e. The Kier molecular flexibility index (Phi) is 5.27. The third kappa shape index (κ3) is 3.29. The molecule has 3 aliphatic heterocycles. The van der Waals surface area contributed by atoms with E-state index in [-0.39, 0.29) is 17.4 Å². The molecule has 1 unspecified atom stereocenters. The van der Waals surface area contributed by atoms with Gasteiger partial charge in [-0.15, -0.1) is 0 Å². The smallest absolute Gasteiger partial charge is 0.319 e. The number of carbonyl (C=O) groups excluding carboxylic acids is 2. The predicted octanol–water partition coefficient (Wildman–Crippen LogP) is 1.90. The van der Waals surface area contributed by atoms with Gasteiger partial charge in [-0.2, -0.15) is 0 Å². The summed E-state index contributed by atoms with van der Waals surface area (Å²) in [6.07, 6.45) is 6.54. The number of amides is 3. The largest absolute Gasteiger partial charge is 0.342 e. The van der Waals surface area contributed by atoms with Crippen molar-refractivity contribution < 1.29 is 9.59 Å². The van der Waals surface area contributed by atoms with E-state index in [1.54, 1.807) is 25.2 Å². The van der Waals surface area contributed by atoms with Crippen LogP contribution < -0.4 is 0 Å². The van der Waals surface area contributed by atoms with Crippen molar-refractivity contribution in [3.8, 4) is 0 Å². The third-order valence-electron chi connectivity index (χ3n) is 7.45. The van der Waals surface area contributed by atoms with E-state index in [4.69, 9.17) is 0 Å². The summed E-state index contributed by atoms with van der Waals surface area (Å²) in [7, 11) is 3.59. The highest BCUT2D eigenvalue weighted by Crippen LogP contribution is 2.58. The van der Waals surface area contributed by atoms with E-state index in [0.29, 0.717) is 13.1 Å². The van der Waals surface area contributed by atoms with Gasteiger partial charge in [0.05, 0.1) is 5.41 Å². The summed E-state index contributed by atoms with van der Waals surface area (Å²) in [6, 6.07) is 4.13. The number of hydrogen-bond donors (Lipinski definition) is 0. The Hall–Kier alpha value is -2.15. The summed E-state index contributed by atoms with van der Waals surface area (Å²) in [5.41, 5.74) is 0.711. The lowest BCUT2D eigenvalue weighted by Gasteiger charge is -2.46. The zero-order valence-corrected chi connectivity index (χ0v) is 17.9. The molecule has 0 N–H and O–H groups in total. The normalized spacial score (nSPS) is 26.7. The zero-order chi connectivity index (χ0) is 20.6. The van der Waals surface area contributed by atoms with Crippen LogP contribution in [0.5, 0.6) is 0 Å². The fourth-order valence-corrected chi connectivity index (χ4v) is 5.79. The molecule has 1 atom stereocenters. The minimum atomic E-state index is -0.408. The van der Waals surface area contributed by atoms with Crippen LogP contribution in [0.15, 0.2) is 24.5 Å². The number of rotatable bonds is 3. The van der Waals surface area contributed by atoms with Gasteiger partial charge in [-0.25, -0.2) is 4.79 Å². The number of pyridine rings is 1. The van der Waals surface area contributed by atoms with Gasteiger partial charge in [0.2, 0.25) is 5.91 Å². The first kappa shape index (κ1) is 20.1. The maximum atomic E-state index is 13.5. The van der Waals surface area contributed by atoms with Gasteiger partial charge in [-0.3, -0.25) is 14.7 Å². The molecule has 158 valence electrons. The Bertz CT molecular complexity index is 760. The molecule has 7 heteroatoms. The van der Waals surface area contributed by atoms with Crippen molar-refractivity contribution in [3.63, 3.8) is 0 Å². The lowest BCUT2D eigenvalue weighted by atomic mass is 9.60. The summed E-state index contributed by atoms with van der Waals surface area (Å²) < 4.78 is 0. The Labute approximate surface area is 173 Å². The Morgan fingerprint density at radius 2 is 1.93 bits per heavy atom. The molecule has 0 aliphatic carbocycles. The molecular weight excluding hydrogens is 366 g/mol. The SMILES string of the molecule is CCN1CCC2(CN(C(=O)N(C)C)CC23CCN(Cc2cccnc2)CC3)C1=O. The number of piperidine rings is 1. The van der Waals surface area contributed by atoms with Crippen molar-refractivity contribution in [2.24, 2.45) is 10.8 Å². The molecule has 3 fully saturated rings. The first-order chi connectivity index (χ1) is 13.9. The fourth-order valence-electron chi connectivity index (χ4n) is 5.79. The molecule has 0 bridgehead atoms. The van der Waals surface area contributed by atoms with Gasteiger partial charge >= 0.3 is 6.03 Å². The van der Waals surface area contributed by atoms with Gasteiger partial charge in [-0.1, -0.05) is 6.07 Å². The highest BCUT2D eigenvalue weighted by Gasteiger charge is 2.65. The highest BCUT2D eigenvalue weighted by atomic mass is 16.2. The summed E-state index contributed by atoms with van der Waals surface area (Å²) in [5.74, 6) is 0.273. The first-order valence-corrected chi connectivity index (χ1v) is 10.8. The van der Waals surface area contributed by atoms with E-state index in [1.807, 2.05) is 22.1 Å². The van der Waals surface area contributed by atoms with Crippen LogP contribution in [0.4, 0.5) is 4.79 Å². The molecule has 4 rings (SSSR count). The molecule has 3 aliphatic rings. The topological polar surface area (TPSA) is 60.0 Å². The second kappa shape index (κ2) is 7.59. The molecule has 0 radical (unpaired) electrons. The minimum Gasteiger partial charge on any atom is -0.342 e. The van der Waals surface area contributed by atoms with E-state index >= 15 is 0 Å². The van der Waals surface area contributed by atoms with Gasteiger partial charge in [0.1, 0.15) is 0 Å². The summed E-state index contributed by atoms with van der Waals surface area (Å²) in [4.78, 5) is 38.5. The van der Waals surface area contributed by atoms with Crippen LogP contribution in [0.25, 0.3) is 0 Å². The summed E-state index contributed by atoms with van der Waals surface area (Å²) in [5, 5.41) is 0. The van der Waals surface area contributed by atoms with Gasteiger partial charge in [0, 0.05) is 64.6 Å². The standard InChI is InChI=1S/C22H33N5O2/c1-4-26-13-9-22(19(26)28)17-27(20(29)24(2)3)16-21(22)7-11-25(12-8-21)15-18-6-5-10-23-14-18/h5-6,10,14H,4,7-9,11-13,15-17H2,1-3H3. The average molecular weight is 400 g/mol. The molecule has 3 saturated heterocycles. The summed E-state index contributed by atoms with van der Waals surface area (Å²) >= 11 is 0. The number of urea groups is 1. The van der Waals surface area contributed by atoms with Crippen molar-refractivity contribution in [3.05, 3.63) is 30.1 Å². The van der Waals surface area contributed by atoms with Crippen LogP contribution in [0.1, 0.15) is 31.7 Å². The van der Waals surface area contributed by atoms with Crippen LogP contribution in [0, 0.1) is 10.8 Å². The molecule has 0 saturated carbocycles. The number of nitrogens with zero attached hydrogens (tertiary/aromatic N) is 5. The minimum absolute atomic E-state index is 0.0294. The number of carbonyl (C=O) groups is 2. The van der Waals surface area contributed by atoms with Crippen LogP contribution in [-0.2, 0) is 11.3 Å². The molecule has 1 aromatic rings. The Morgan fingerprint density at radius 1 is 1.17 bits per heavy atom. The molecule has 1 aromatic heterocycles. The van der Waals surface area contributed by atoms with Crippen molar-refractivity contribution in [2.45, 2.75) is 32.7 Å². The average Bonchev–Trinajstić information content (AvgIpc) is 3.22. The second-order valence-corrected chi connectivity index (χ2v) is 9.17. The van der Waals surface area contributed by atoms with Crippen molar-refractivity contribution in [1.82, 2.24) is 24.6 Å². The second-order valence-electron chi connectivity index (χ2n) is 9.17.